The van der Waals surface area contributed by atoms with Gasteiger partial charge in [-0.05, 0) is 56.2 Å². The number of carbonyl (C=O) groups is 2. The molecule has 1 fully saturated rings. The third kappa shape index (κ3) is 4.96. The second-order valence-electron chi connectivity index (χ2n) is 6.61. The van der Waals surface area contributed by atoms with Crippen LogP contribution in [0.25, 0.3) is 0 Å². The molecular weight excluding hydrogens is 380 g/mol. The lowest BCUT2D eigenvalue weighted by atomic mass is 10.2. The normalized spacial score (nSPS) is 16.5. The number of ether oxygens (including phenoxy) is 1. The highest BCUT2D eigenvalue weighted by molar-refractivity contribution is 7.92. The molecule has 1 aliphatic rings. The fourth-order valence-electron chi connectivity index (χ4n) is 2.89. The zero-order chi connectivity index (χ0) is 20.1. The van der Waals surface area contributed by atoms with Crippen molar-refractivity contribution >= 4 is 27.4 Å². The Morgan fingerprint density at radius 1 is 1.04 bits per heavy atom. The minimum absolute atomic E-state index is 0.0517. The van der Waals surface area contributed by atoms with Crippen molar-refractivity contribution in [3.63, 3.8) is 0 Å². The lowest BCUT2D eigenvalue weighted by Gasteiger charge is -2.12. The first-order chi connectivity index (χ1) is 13.3. The van der Waals surface area contributed by atoms with Crippen LogP contribution in [-0.2, 0) is 14.8 Å². The SMILES string of the molecule is CC(=O)c1ccc(S(=O)(=O)Nc2ccc(C(=O)NC[C@@H]3CCCO3)cc2)cc1. The summed E-state index contributed by atoms with van der Waals surface area (Å²) in [5, 5.41) is 2.82. The zero-order valence-corrected chi connectivity index (χ0v) is 16.3. The minimum atomic E-state index is -3.79. The number of Topliss-reactive ketones (excluding diaryl/α,β-unsaturated/α-hetero) is 1. The first kappa shape index (κ1) is 20.0. The molecular formula is C20H22N2O5S. The third-order valence-electron chi connectivity index (χ3n) is 4.48. The van der Waals surface area contributed by atoms with Crippen LogP contribution in [0.1, 0.15) is 40.5 Å². The summed E-state index contributed by atoms with van der Waals surface area (Å²) in [6, 6.07) is 11.9. The van der Waals surface area contributed by atoms with Crippen molar-refractivity contribution in [2.45, 2.75) is 30.8 Å². The average molecular weight is 402 g/mol. The van der Waals surface area contributed by atoms with E-state index in [9.17, 15) is 18.0 Å². The van der Waals surface area contributed by atoms with Crippen LogP contribution < -0.4 is 10.0 Å². The van der Waals surface area contributed by atoms with Gasteiger partial charge in [-0.3, -0.25) is 14.3 Å². The lowest BCUT2D eigenvalue weighted by molar-refractivity contribution is 0.0857. The minimum Gasteiger partial charge on any atom is -0.376 e. The summed E-state index contributed by atoms with van der Waals surface area (Å²) in [6.45, 7) is 2.61. The number of carbonyl (C=O) groups excluding carboxylic acids is 2. The van der Waals surface area contributed by atoms with Crippen molar-refractivity contribution in [2.75, 3.05) is 17.9 Å². The molecule has 0 spiro atoms. The van der Waals surface area contributed by atoms with Crippen LogP contribution in [0.5, 0.6) is 0 Å². The summed E-state index contributed by atoms with van der Waals surface area (Å²) in [5.74, 6) is -0.366. The van der Waals surface area contributed by atoms with Gasteiger partial charge >= 0.3 is 0 Å². The van der Waals surface area contributed by atoms with Gasteiger partial charge in [-0.2, -0.15) is 0 Å². The van der Waals surface area contributed by atoms with E-state index in [0.717, 1.165) is 19.4 Å². The average Bonchev–Trinajstić information content (AvgIpc) is 3.20. The van der Waals surface area contributed by atoms with Crippen molar-refractivity contribution in [1.82, 2.24) is 5.32 Å². The summed E-state index contributed by atoms with van der Waals surface area (Å²) >= 11 is 0. The van der Waals surface area contributed by atoms with Gasteiger partial charge in [0.1, 0.15) is 0 Å². The second kappa shape index (κ2) is 8.53. The van der Waals surface area contributed by atoms with Crippen LogP contribution in [-0.4, -0.2) is 39.4 Å². The molecule has 0 aliphatic carbocycles. The van der Waals surface area contributed by atoms with Crippen molar-refractivity contribution in [1.29, 1.82) is 0 Å². The standard InChI is InChI=1S/C20H22N2O5S/c1-14(23)15-6-10-19(11-7-15)28(25,26)22-17-8-4-16(5-9-17)20(24)21-13-18-3-2-12-27-18/h4-11,18,22H,2-3,12-13H2,1H3,(H,21,24)/t18-/m0/s1. The Bertz CT molecular complexity index is 947. The number of amides is 1. The molecule has 148 valence electrons. The predicted molar refractivity (Wildman–Crippen MR) is 105 cm³/mol. The first-order valence-corrected chi connectivity index (χ1v) is 10.5. The van der Waals surface area contributed by atoms with Crippen molar-refractivity contribution in [3.05, 3.63) is 59.7 Å². The molecule has 1 amide bonds. The lowest BCUT2D eigenvalue weighted by Crippen LogP contribution is -2.31. The fourth-order valence-corrected chi connectivity index (χ4v) is 3.95. The fraction of sp³-hybridized carbons (Fsp3) is 0.300. The summed E-state index contributed by atoms with van der Waals surface area (Å²) < 4.78 is 32.9. The van der Waals surface area contributed by atoms with Crippen LogP contribution in [0, 0.1) is 0 Å². The molecule has 2 aromatic rings. The molecule has 1 aliphatic heterocycles. The molecule has 2 aromatic carbocycles. The van der Waals surface area contributed by atoms with Crippen LogP contribution in [0.3, 0.4) is 0 Å². The van der Waals surface area contributed by atoms with Gasteiger partial charge in [0.25, 0.3) is 15.9 Å². The van der Waals surface area contributed by atoms with Gasteiger partial charge in [0.2, 0.25) is 0 Å². The molecule has 0 radical (unpaired) electrons. The summed E-state index contributed by atoms with van der Waals surface area (Å²) in [7, 11) is -3.79. The van der Waals surface area contributed by atoms with E-state index in [4.69, 9.17) is 4.74 Å². The van der Waals surface area contributed by atoms with Crippen LogP contribution in [0.2, 0.25) is 0 Å². The van der Waals surface area contributed by atoms with E-state index in [-0.39, 0.29) is 22.7 Å². The molecule has 0 aromatic heterocycles. The number of rotatable bonds is 7. The summed E-state index contributed by atoms with van der Waals surface area (Å²) in [5.41, 5.74) is 1.22. The highest BCUT2D eigenvalue weighted by Gasteiger charge is 2.17. The van der Waals surface area contributed by atoms with Crippen LogP contribution in [0.15, 0.2) is 53.4 Å². The van der Waals surface area contributed by atoms with Crippen molar-refractivity contribution < 1.29 is 22.7 Å². The van der Waals surface area contributed by atoms with Crippen LogP contribution in [0.4, 0.5) is 5.69 Å². The molecule has 3 rings (SSSR count). The predicted octanol–water partition coefficient (Wildman–Crippen LogP) is 2.60. The highest BCUT2D eigenvalue weighted by Crippen LogP contribution is 2.18. The zero-order valence-electron chi connectivity index (χ0n) is 15.5. The van der Waals surface area contributed by atoms with E-state index in [0.29, 0.717) is 23.4 Å². The van der Waals surface area contributed by atoms with Gasteiger partial charge in [-0.15, -0.1) is 0 Å². The van der Waals surface area contributed by atoms with Gasteiger partial charge in [0, 0.05) is 30.0 Å². The van der Waals surface area contributed by atoms with Crippen LogP contribution >= 0.6 is 0 Å². The van der Waals surface area contributed by atoms with Gasteiger partial charge < -0.3 is 10.1 Å². The van der Waals surface area contributed by atoms with Crippen molar-refractivity contribution in [3.8, 4) is 0 Å². The Balaban J connectivity index is 1.62. The number of benzene rings is 2. The Hall–Kier alpha value is -2.71. The largest absolute Gasteiger partial charge is 0.376 e. The Kier molecular flexibility index (Phi) is 6.11. The molecule has 8 heteroatoms. The maximum atomic E-state index is 12.5. The molecule has 1 atom stereocenters. The van der Waals surface area contributed by atoms with Gasteiger partial charge in [0.05, 0.1) is 11.0 Å². The molecule has 0 saturated carbocycles. The van der Waals surface area contributed by atoms with E-state index >= 15 is 0 Å². The first-order valence-electron chi connectivity index (χ1n) is 8.99. The monoisotopic (exact) mass is 402 g/mol. The Morgan fingerprint density at radius 2 is 1.68 bits per heavy atom. The summed E-state index contributed by atoms with van der Waals surface area (Å²) in [6.07, 6.45) is 2.01. The topological polar surface area (TPSA) is 102 Å². The number of ketones is 1. The second-order valence-corrected chi connectivity index (χ2v) is 8.29. The maximum absolute atomic E-state index is 12.5. The molecule has 1 saturated heterocycles. The van der Waals surface area contributed by atoms with E-state index in [1.54, 1.807) is 12.1 Å². The number of nitrogens with one attached hydrogen (secondary N) is 2. The van der Waals surface area contributed by atoms with E-state index in [2.05, 4.69) is 10.0 Å². The number of hydrogen-bond donors (Lipinski definition) is 2. The number of sulfonamides is 1. The highest BCUT2D eigenvalue weighted by atomic mass is 32.2. The summed E-state index contributed by atoms with van der Waals surface area (Å²) in [4.78, 5) is 23.5. The molecule has 28 heavy (non-hydrogen) atoms. The third-order valence-corrected chi connectivity index (χ3v) is 5.88. The molecule has 7 nitrogen and oxygen atoms in total. The molecule has 0 bridgehead atoms. The van der Waals surface area contributed by atoms with Gasteiger partial charge in [0.15, 0.2) is 5.78 Å². The molecule has 1 heterocycles. The van der Waals surface area contributed by atoms with Gasteiger partial charge in [-0.1, -0.05) is 12.1 Å². The van der Waals surface area contributed by atoms with Crippen molar-refractivity contribution in [2.24, 2.45) is 0 Å². The van der Waals surface area contributed by atoms with E-state index in [1.807, 2.05) is 0 Å². The molecule has 2 N–H and O–H groups in total. The number of hydrogen-bond acceptors (Lipinski definition) is 5. The van der Waals surface area contributed by atoms with E-state index < -0.39 is 10.0 Å². The van der Waals surface area contributed by atoms with E-state index in [1.165, 1.54) is 43.3 Å². The smallest absolute Gasteiger partial charge is 0.261 e. The van der Waals surface area contributed by atoms with Gasteiger partial charge in [-0.25, -0.2) is 8.42 Å². The number of anilines is 1. The quantitative estimate of drug-likeness (QED) is 0.693. The maximum Gasteiger partial charge on any atom is 0.261 e. The Morgan fingerprint density at radius 3 is 2.25 bits per heavy atom. The Labute approximate surface area is 164 Å². The molecule has 0 unspecified atom stereocenters.